The Hall–Kier alpha value is -1.76. The fraction of sp³-hybridized carbons (Fsp3) is 0.350. The smallest absolute Gasteiger partial charge is 0.224 e. The van der Waals surface area contributed by atoms with Crippen molar-refractivity contribution in [2.24, 2.45) is 0 Å². The Balaban J connectivity index is 1.52. The van der Waals surface area contributed by atoms with E-state index in [0.29, 0.717) is 37.7 Å². The SMILES string of the molecule is O=C(CCCOc1cccc(Br)c1)Nc1cc(Cl)ccc1N1CCOCC1. The molecule has 2 aromatic carbocycles. The van der Waals surface area contributed by atoms with Crippen molar-refractivity contribution in [1.82, 2.24) is 0 Å². The van der Waals surface area contributed by atoms with Gasteiger partial charge in [-0.1, -0.05) is 33.6 Å². The fourth-order valence-corrected chi connectivity index (χ4v) is 3.43. The molecule has 0 aromatic heterocycles. The van der Waals surface area contributed by atoms with Gasteiger partial charge in [-0.05, 0) is 42.8 Å². The van der Waals surface area contributed by atoms with Crippen LogP contribution in [-0.2, 0) is 9.53 Å². The average molecular weight is 454 g/mol. The van der Waals surface area contributed by atoms with Crippen LogP contribution in [-0.4, -0.2) is 38.8 Å². The number of amides is 1. The van der Waals surface area contributed by atoms with E-state index >= 15 is 0 Å². The summed E-state index contributed by atoms with van der Waals surface area (Å²) in [4.78, 5) is 14.6. The van der Waals surface area contributed by atoms with E-state index in [0.717, 1.165) is 34.7 Å². The van der Waals surface area contributed by atoms with Crippen molar-refractivity contribution in [3.05, 3.63) is 52.0 Å². The molecule has 0 aliphatic carbocycles. The molecule has 0 spiro atoms. The Morgan fingerprint density at radius 3 is 2.81 bits per heavy atom. The summed E-state index contributed by atoms with van der Waals surface area (Å²) in [5, 5.41) is 3.59. The summed E-state index contributed by atoms with van der Waals surface area (Å²) >= 11 is 9.54. The zero-order chi connectivity index (χ0) is 19.1. The highest BCUT2D eigenvalue weighted by Crippen LogP contribution is 2.30. The Morgan fingerprint density at radius 2 is 2.04 bits per heavy atom. The molecule has 7 heteroatoms. The van der Waals surface area contributed by atoms with Crippen LogP contribution in [0.15, 0.2) is 46.9 Å². The molecule has 5 nitrogen and oxygen atoms in total. The van der Waals surface area contributed by atoms with E-state index in [2.05, 4.69) is 26.1 Å². The maximum atomic E-state index is 12.4. The van der Waals surface area contributed by atoms with Crippen molar-refractivity contribution in [3.8, 4) is 5.75 Å². The van der Waals surface area contributed by atoms with Gasteiger partial charge in [-0.15, -0.1) is 0 Å². The zero-order valence-corrected chi connectivity index (χ0v) is 17.3. The molecule has 2 aromatic rings. The van der Waals surface area contributed by atoms with Gasteiger partial charge in [0.05, 0.1) is 31.2 Å². The maximum absolute atomic E-state index is 12.4. The van der Waals surface area contributed by atoms with E-state index in [1.54, 1.807) is 6.07 Å². The topological polar surface area (TPSA) is 50.8 Å². The van der Waals surface area contributed by atoms with Crippen molar-refractivity contribution in [2.75, 3.05) is 43.1 Å². The molecule has 0 bridgehead atoms. The monoisotopic (exact) mass is 452 g/mol. The zero-order valence-electron chi connectivity index (χ0n) is 14.9. The summed E-state index contributed by atoms with van der Waals surface area (Å²) in [7, 11) is 0. The molecule has 1 saturated heterocycles. The van der Waals surface area contributed by atoms with Gasteiger partial charge in [0, 0.05) is 29.0 Å². The largest absolute Gasteiger partial charge is 0.494 e. The van der Waals surface area contributed by atoms with Gasteiger partial charge in [-0.2, -0.15) is 0 Å². The van der Waals surface area contributed by atoms with Crippen LogP contribution in [0.2, 0.25) is 5.02 Å². The van der Waals surface area contributed by atoms with Crippen LogP contribution in [0.4, 0.5) is 11.4 Å². The van der Waals surface area contributed by atoms with Crippen LogP contribution in [0.5, 0.6) is 5.75 Å². The minimum Gasteiger partial charge on any atom is -0.494 e. The molecule has 0 radical (unpaired) electrons. The molecule has 3 rings (SSSR count). The predicted octanol–water partition coefficient (Wildman–Crippen LogP) is 4.74. The lowest BCUT2D eigenvalue weighted by Gasteiger charge is -2.30. The van der Waals surface area contributed by atoms with Crippen LogP contribution in [0, 0.1) is 0 Å². The Morgan fingerprint density at radius 1 is 1.22 bits per heavy atom. The quantitative estimate of drug-likeness (QED) is 0.615. The van der Waals surface area contributed by atoms with Crippen LogP contribution >= 0.6 is 27.5 Å². The molecule has 0 atom stereocenters. The number of nitrogens with zero attached hydrogens (tertiary/aromatic N) is 1. The van der Waals surface area contributed by atoms with Gasteiger partial charge in [-0.25, -0.2) is 0 Å². The summed E-state index contributed by atoms with van der Waals surface area (Å²) in [6.07, 6.45) is 1.01. The highest BCUT2D eigenvalue weighted by atomic mass is 79.9. The van der Waals surface area contributed by atoms with Crippen molar-refractivity contribution >= 4 is 44.8 Å². The maximum Gasteiger partial charge on any atom is 0.224 e. The molecule has 1 amide bonds. The Labute approximate surface area is 172 Å². The van der Waals surface area contributed by atoms with E-state index in [9.17, 15) is 4.79 Å². The predicted molar refractivity (Wildman–Crippen MR) is 112 cm³/mol. The Kier molecular flexibility index (Phi) is 7.38. The molecule has 1 aliphatic heterocycles. The number of hydrogen-bond acceptors (Lipinski definition) is 4. The lowest BCUT2D eigenvalue weighted by molar-refractivity contribution is -0.116. The van der Waals surface area contributed by atoms with Crippen LogP contribution in [0.3, 0.4) is 0 Å². The van der Waals surface area contributed by atoms with Gasteiger partial charge < -0.3 is 19.7 Å². The molecule has 27 heavy (non-hydrogen) atoms. The molecule has 1 heterocycles. The second kappa shape index (κ2) is 9.97. The van der Waals surface area contributed by atoms with Gasteiger partial charge in [-0.3, -0.25) is 4.79 Å². The molecule has 1 N–H and O–H groups in total. The number of carbonyl (C=O) groups is 1. The highest BCUT2D eigenvalue weighted by Gasteiger charge is 2.16. The summed E-state index contributed by atoms with van der Waals surface area (Å²) < 4.78 is 12.0. The van der Waals surface area contributed by atoms with Gasteiger partial charge in [0.15, 0.2) is 0 Å². The van der Waals surface area contributed by atoms with Gasteiger partial charge in [0.1, 0.15) is 5.75 Å². The van der Waals surface area contributed by atoms with E-state index in [-0.39, 0.29) is 5.91 Å². The number of rotatable bonds is 7. The standard InChI is InChI=1S/C20H22BrClN2O3/c21-15-3-1-4-17(13-15)27-10-2-5-20(25)23-18-14-16(22)6-7-19(18)24-8-11-26-12-9-24/h1,3-4,6-7,13-14H,2,5,8-12H2,(H,23,25). The molecule has 0 saturated carbocycles. The van der Waals surface area contributed by atoms with Crippen molar-refractivity contribution in [1.29, 1.82) is 0 Å². The number of hydrogen-bond donors (Lipinski definition) is 1. The molecule has 1 aliphatic rings. The first-order valence-electron chi connectivity index (χ1n) is 8.92. The van der Waals surface area contributed by atoms with E-state index < -0.39 is 0 Å². The number of anilines is 2. The lowest BCUT2D eigenvalue weighted by atomic mass is 10.2. The van der Waals surface area contributed by atoms with Gasteiger partial charge in [0.25, 0.3) is 0 Å². The number of morpholine rings is 1. The number of halogens is 2. The van der Waals surface area contributed by atoms with E-state index in [4.69, 9.17) is 21.1 Å². The van der Waals surface area contributed by atoms with Gasteiger partial charge in [0.2, 0.25) is 5.91 Å². The van der Waals surface area contributed by atoms with E-state index in [1.807, 2.05) is 36.4 Å². The van der Waals surface area contributed by atoms with Crippen molar-refractivity contribution < 1.29 is 14.3 Å². The number of ether oxygens (including phenoxy) is 2. The van der Waals surface area contributed by atoms with Crippen molar-refractivity contribution in [3.63, 3.8) is 0 Å². The summed E-state index contributed by atoms with van der Waals surface area (Å²) in [5.41, 5.74) is 1.71. The lowest BCUT2D eigenvalue weighted by Crippen LogP contribution is -2.36. The molecule has 0 unspecified atom stereocenters. The minimum atomic E-state index is -0.0513. The second-order valence-corrected chi connectivity index (χ2v) is 7.57. The number of nitrogens with one attached hydrogen (secondary N) is 1. The third-order valence-corrected chi connectivity index (χ3v) is 4.93. The van der Waals surface area contributed by atoms with E-state index in [1.165, 1.54) is 0 Å². The first-order chi connectivity index (χ1) is 13.1. The second-order valence-electron chi connectivity index (χ2n) is 6.22. The minimum absolute atomic E-state index is 0.0513. The molecule has 144 valence electrons. The average Bonchev–Trinajstić information content (AvgIpc) is 2.66. The Bertz CT molecular complexity index is 782. The molecule has 1 fully saturated rings. The summed E-state index contributed by atoms with van der Waals surface area (Å²) in [6, 6.07) is 13.2. The van der Waals surface area contributed by atoms with Crippen LogP contribution in [0.25, 0.3) is 0 Å². The summed E-state index contributed by atoms with van der Waals surface area (Å²) in [5.74, 6) is 0.735. The molecular weight excluding hydrogens is 432 g/mol. The molecular formula is C20H22BrClN2O3. The first-order valence-corrected chi connectivity index (χ1v) is 10.1. The van der Waals surface area contributed by atoms with Crippen LogP contribution in [0.1, 0.15) is 12.8 Å². The third kappa shape index (κ3) is 6.13. The van der Waals surface area contributed by atoms with Crippen LogP contribution < -0.4 is 15.0 Å². The summed E-state index contributed by atoms with van der Waals surface area (Å²) in [6.45, 7) is 3.44. The first kappa shape index (κ1) is 20.0. The number of benzene rings is 2. The van der Waals surface area contributed by atoms with Gasteiger partial charge >= 0.3 is 0 Å². The highest BCUT2D eigenvalue weighted by molar-refractivity contribution is 9.10. The fourth-order valence-electron chi connectivity index (χ4n) is 2.88. The number of carbonyl (C=O) groups excluding carboxylic acids is 1. The van der Waals surface area contributed by atoms with Crippen molar-refractivity contribution in [2.45, 2.75) is 12.8 Å². The third-order valence-electron chi connectivity index (χ3n) is 4.20. The normalized spacial score (nSPS) is 14.1.